The molecule has 0 radical (unpaired) electrons. The number of rotatable bonds is 7. The number of amides is 1. The lowest BCUT2D eigenvalue weighted by molar-refractivity contribution is -0.120. The fraction of sp³-hybridized carbons (Fsp3) is 0.250. The number of esters is 1. The van der Waals surface area contributed by atoms with E-state index < -0.39 is 16.0 Å². The van der Waals surface area contributed by atoms with Gasteiger partial charge in [-0.15, -0.1) is 11.3 Å². The number of nitrogens with one attached hydrogen (secondary N) is 1. The van der Waals surface area contributed by atoms with Crippen molar-refractivity contribution in [2.24, 2.45) is 0 Å². The fourth-order valence-electron chi connectivity index (χ4n) is 3.79. The molecule has 0 atom stereocenters. The molecule has 3 aromatic rings. The van der Waals surface area contributed by atoms with Gasteiger partial charge in [-0.3, -0.25) is 9.69 Å². The Morgan fingerprint density at radius 2 is 1.58 bits per heavy atom. The van der Waals surface area contributed by atoms with Crippen LogP contribution in [0.2, 0.25) is 0 Å². The molecule has 0 saturated carbocycles. The number of para-hydroxylation sites is 2. The summed E-state index contributed by atoms with van der Waals surface area (Å²) >= 11 is 1.23. The third-order valence-electron chi connectivity index (χ3n) is 5.30. The first-order valence-electron chi connectivity index (χ1n) is 10.5. The SMILES string of the molecule is CS(=O)(=O)NCCc1ccc(C(=O)OCC(=O)N2c3ccccc3CCc3ccccc32)s1. The van der Waals surface area contributed by atoms with Crippen molar-refractivity contribution in [1.82, 2.24) is 4.72 Å². The number of thiophene rings is 1. The molecular weight excluding hydrogens is 460 g/mol. The van der Waals surface area contributed by atoms with Crippen LogP contribution in [0.5, 0.6) is 0 Å². The first kappa shape index (κ1) is 23.2. The Bertz CT molecular complexity index is 1240. The predicted octanol–water partition coefficient (Wildman–Crippen LogP) is 3.46. The minimum atomic E-state index is -3.26. The maximum absolute atomic E-state index is 13.2. The summed E-state index contributed by atoms with van der Waals surface area (Å²) in [6, 6.07) is 18.9. The molecule has 1 aliphatic heterocycles. The third-order valence-corrected chi connectivity index (χ3v) is 7.16. The van der Waals surface area contributed by atoms with Gasteiger partial charge in [0.2, 0.25) is 10.0 Å². The van der Waals surface area contributed by atoms with Gasteiger partial charge in [0.25, 0.3) is 5.91 Å². The largest absolute Gasteiger partial charge is 0.451 e. The van der Waals surface area contributed by atoms with Gasteiger partial charge >= 0.3 is 5.97 Å². The van der Waals surface area contributed by atoms with Gasteiger partial charge in [-0.05, 0) is 54.7 Å². The second-order valence-corrected chi connectivity index (χ2v) is 10.7. The Hall–Kier alpha value is -3.01. The monoisotopic (exact) mass is 484 g/mol. The van der Waals surface area contributed by atoms with E-state index in [2.05, 4.69) is 4.72 Å². The van der Waals surface area contributed by atoms with E-state index in [-0.39, 0.29) is 19.1 Å². The van der Waals surface area contributed by atoms with Crippen LogP contribution in [-0.4, -0.2) is 39.7 Å². The molecule has 1 aromatic heterocycles. The van der Waals surface area contributed by atoms with Gasteiger partial charge in [0.15, 0.2) is 6.61 Å². The number of anilines is 2. The zero-order chi connectivity index (χ0) is 23.4. The number of hydrogen-bond acceptors (Lipinski definition) is 6. The van der Waals surface area contributed by atoms with Gasteiger partial charge in [0.1, 0.15) is 4.88 Å². The maximum atomic E-state index is 13.2. The molecule has 33 heavy (non-hydrogen) atoms. The summed E-state index contributed by atoms with van der Waals surface area (Å²) in [5.74, 6) is -0.897. The molecule has 2 heterocycles. The summed E-state index contributed by atoms with van der Waals surface area (Å²) in [4.78, 5) is 28.6. The fourth-order valence-corrected chi connectivity index (χ4v) is 5.17. The Morgan fingerprint density at radius 3 is 2.18 bits per heavy atom. The van der Waals surface area contributed by atoms with E-state index in [1.807, 2.05) is 48.5 Å². The minimum Gasteiger partial charge on any atom is -0.451 e. The molecule has 0 bridgehead atoms. The molecule has 0 unspecified atom stereocenters. The Balaban J connectivity index is 1.45. The Morgan fingerprint density at radius 1 is 0.970 bits per heavy atom. The second kappa shape index (κ2) is 9.86. The molecule has 4 rings (SSSR count). The van der Waals surface area contributed by atoms with Crippen molar-refractivity contribution in [1.29, 1.82) is 0 Å². The van der Waals surface area contributed by atoms with E-state index in [9.17, 15) is 18.0 Å². The van der Waals surface area contributed by atoms with E-state index in [0.717, 1.165) is 46.5 Å². The summed E-state index contributed by atoms with van der Waals surface area (Å²) in [6.07, 6.45) is 3.21. The molecule has 1 amide bonds. The van der Waals surface area contributed by atoms with E-state index in [1.54, 1.807) is 17.0 Å². The standard InChI is InChI=1S/C24H24N2O5S2/c1-33(29,30)25-15-14-19-12-13-22(32-19)24(28)31-16-23(27)26-20-8-4-2-6-17(20)10-11-18-7-3-5-9-21(18)26/h2-9,12-13,25H,10-11,14-16H2,1H3. The lowest BCUT2D eigenvalue weighted by atomic mass is 10.0. The van der Waals surface area contributed by atoms with E-state index in [4.69, 9.17) is 4.74 Å². The molecule has 0 fully saturated rings. The second-order valence-electron chi connectivity index (χ2n) is 7.75. The van der Waals surface area contributed by atoms with Gasteiger partial charge in [-0.1, -0.05) is 36.4 Å². The molecule has 1 aliphatic rings. The van der Waals surface area contributed by atoms with Crippen LogP contribution in [-0.2, 0) is 38.8 Å². The normalized spacial score (nSPS) is 13.1. The summed E-state index contributed by atoms with van der Waals surface area (Å²) in [5, 5.41) is 0. The lowest BCUT2D eigenvalue weighted by Gasteiger charge is -2.24. The molecular formula is C24H24N2O5S2. The first-order valence-corrected chi connectivity index (χ1v) is 13.2. The zero-order valence-electron chi connectivity index (χ0n) is 18.1. The van der Waals surface area contributed by atoms with Crippen LogP contribution in [0, 0.1) is 0 Å². The van der Waals surface area contributed by atoms with Crippen LogP contribution in [0.4, 0.5) is 11.4 Å². The summed E-state index contributed by atoms with van der Waals surface area (Å²) < 4.78 is 30.1. The van der Waals surface area contributed by atoms with Crippen LogP contribution < -0.4 is 9.62 Å². The highest BCUT2D eigenvalue weighted by molar-refractivity contribution is 7.88. The number of benzene rings is 2. The highest BCUT2D eigenvalue weighted by Crippen LogP contribution is 2.36. The third kappa shape index (κ3) is 5.68. The molecule has 7 nitrogen and oxygen atoms in total. The molecule has 172 valence electrons. The topological polar surface area (TPSA) is 92.8 Å². The molecule has 9 heteroatoms. The summed E-state index contributed by atoms with van der Waals surface area (Å²) in [7, 11) is -3.26. The van der Waals surface area contributed by atoms with Crippen LogP contribution in [0.15, 0.2) is 60.7 Å². The van der Waals surface area contributed by atoms with Crippen molar-refractivity contribution in [2.75, 3.05) is 24.3 Å². The molecule has 0 aliphatic carbocycles. The Labute approximate surface area is 197 Å². The smallest absolute Gasteiger partial charge is 0.348 e. The number of fused-ring (bicyclic) bond motifs is 2. The summed E-state index contributed by atoms with van der Waals surface area (Å²) in [6.45, 7) is -0.134. The van der Waals surface area contributed by atoms with E-state index in [1.165, 1.54) is 11.3 Å². The number of aryl methyl sites for hydroxylation is 2. The highest BCUT2D eigenvalue weighted by atomic mass is 32.2. The van der Waals surface area contributed by atoms with Gasteiger partial charge < -0.3 is 4.74 Å². The quantitative estimate of drug-likeness (QED) is 0.519. The average molecular weight is 485 g/mol. The number of ether oxygens (including phenoxy) is 1. The van der Waals surface area contributed by atoms with Crippen molar-refractivity contribution in [3.8, 4) is 0 Å². The van der Waals surface area contributed by atoms with Gasteiger partial charge in [-0.25, -0.2) is 17.9 Å². The van der Waals surface area contributed by atoms with Gasteiger partial charge in [0, 0.05) is 11.4 Å². The summed E-state index contributed by atoms with van der Waals surface area (Å²) in [5.41, 5.74) is 3.75. The zero-order valence-corrected chi connectivity index (χ0v) is 19.7. The number of sulfonamides is 1. The van der Waals surface area contributed by atoms with E-state index >= 15 is 0 Å². The Kier molecular flexibility index (Phi) is 6.92. The maximum Gasteiger partial charge on any atom is 0.348 e. The highest BCUT2D eigenvalue weighted by Gasteiger charge is 2.26. The van der Waals surface area contributed by atoms with Gasteiger partial charge in [0.05, 0.1) is 17.6 Å². The van der Waals surface area contributed by atoms with Crippen LogP contribution in [0.25, 0.3) is 0 Å². The van der Waals surface area contributed by atoms with Crippen LogP contribution >= 0.6 is 11.3 Å². The first-order chi connectivity index (χ1) is 15.8. The predicted molar refractivity (Wildman–Crippen MR) is 129 cm³/mol. The number of carbonyl (C=O) groups is 2. The average Bonchev–Trinajstić information content (AvgIpc) is 3.19. The molecule has 2 aromatic carbocycles. The number of nitrogens with zero attached hydrogens (tertiary/aromatic N) is 1. The van der Waals surface area contributed by atoms with Crippen molar-refractivity contribution < 1.29 is 22.7 Å². The van der Waals surface area contributed by atoms with E-state index in [0.29, 0.717) is 11.3 Å². The van der Waals surface area contributed by atoms with Crippen molar-refractivity contribution in [2.45, 2.75) is 19.3 Å². The number of hydrogen-bond donors (Lipinski definition) is 1. The van der Waals surface area contributed by atoms with Crippen molar-refractivity contribution in [3.63, 3.8) is 0 Å². The van der Waals surface area contributed by atoms with Crippen LogP contribution in [0.1, 0.15) is 25.7 Å². The molecule has 0 saturated heterocycles. The number of carbonyl (C=O) groups excluding carboxylic acids is 2. The van der Waals surface area contributed by atoms with Crippen molar-refractivity contribution >= 4 is 44.6 Å². The van der Waals surface area contributed by atoms with Crippen LogP contribution in [0.3, 0.4) is 0 Å². The van der Waals surface area contributed by atoms with Gasteiger partial charge in [-0.2, -0.15) is 0 Å². The molecule has 1 N–H and O–H groups in total. The minimum absolute atomic E-state index is 0.250. The molecule has 0 spiro atoms. The lowest BCUT2D eigenvalue weighted by Crippen LogP contribution is -2.31. The van der Waals surface area contributed by atoms with Crippen molar-refractivity contribution in [3.05, 3.63) is 81.5 Å².